The molecule has 0 amide bonds. The first-order valence-corrected chi connectivity index (χ1v) is 8.97. The number of aromatic nitrogens is 6. The number of fused-ring (bicyclic) bond motifs is 2. The summed E-state index contributed by atoms with van der Waals surface area (Å²) in [4.78, 5) is 26.3. The van der Waals surface area contributed by atoms with Gasteiger partial charge in [0.2, 0.25) is 0 Å². The van der Waals surface area contributed by atoms with Gasteiger partial charge in [0.1, 0.15) is 6.33 Å². The average Bonchev–Trinajstić information content (AvgIpc) is 3.18. The van der Waals surface area contributed by atoms with Gasteiger partial charge in [-0.15, -0.1) is 0 Å². The van der Waals surface area contributed by atoms with Crippen LogP contribution in [0.3, 0.4) is 0 Å². The molecule has 0 N–H and O–H groups in total. The molecule has 0 fully saturated rings. The van der Waals surface area contributed by atoms with Crippen LogP contribution in [-0.4, -0.2) is 29.1 Å². The molecular weight excluding hydrogens is 376 g/mol. The van der Waals surface area contributed by atoms with Gasteiger partial charge in [0, 0.05) is 23.0 Å². The van der Waals surface area contributed by atoms with E-state index in [0.29, 0.717) is 33.9 Å². The van der Waals surface area contributed by atoms with Crippen molar-refractivity contribution in [2.45, 2.75) is 6.54 Å². The third-order valence-corrected chi connectivity index (χ3v) is 4.77. The quantitative estimate of drug-likeness (QED) is 0.474. The topological polar surface area (TPSA) is 78.0 Å². The van der Waals surface area contributed by atoms with E-state index in [1.807, 2.05) is 36.4 Å². The van der Waals surface area contributed by atoms with Crippen LogP contribution in [0.15, 0.2) is 72.0 Å². The van der Waals surface area contributed by atoms with Crippen LogP contribution >= 0.6 is 11.6 Å². The number of pyridine rings is 2. The predicted octanol–water partition coefficient (Wildman–Crippen LogP) is 3.20. The van der Waals surface area contributed by atoms with E-state index >= 15 is 0 Å². The van der Waals surface area contributed by atoms with Crippen LogP contribution in [0.25, 0.3) is 27.9 Å². The van der Waals surface area contributed by atoms with Crippen molar-refractivity contribution in [3.05, 3.63) is 88.3 Å². The number of hydrogen-bond acceptors (Lipinski definition) is 5. The van der Waals surface area contributed by atoms with Crippen molar-refractivity contribution in [3.63, 3.8) is 0 Å². The van der Waals surface area contributed by atoms with Gasteiger partial charge < -0.3 is 4.57 Å². The number of hydrogen-bond donors (Lipinski definition) is 0. The van der Waals surface area contributed by atoms with Gasteiger partial charge in [0.15, 0.2) is 0 Å². The monoisotopic (exact) mass is 388 g/mol. The molecule has 0 radical (unpaired) electrons. The van der Waals surface area contributed by atoms with Crippen molar-refractivity contribution in [3.8, 4) is 11.3 Å². The second-order valence-electron chi connectivity index (χ2n) is 6.27. The number of nitrogens with zero attached hydrogens (tertiary/aromatic N) is 6. The molecule has 0 aliphatic heterocycles. The van der Waals surface area contributed by atoms with Crippen LogP contribution < -0.4 is 5.56 Å². The molecule has 0 saturated carbocycles. The highest BCUT2D eigenvalue weighted by Crippen LogP contribution is 2.27. The van der Waals surface area contributed by atoms with E-state index < -0.39 is 0 Å². The molecule has 0 aliphatic rings. The molecule has 136 valence electrons. The predicted molar refractivity (Wildman–Crippen MR) is 106 cm³/mol. The van der Waals surface area contributed by atoms with Crippen LogP contribution in [0, 0.1) is 0 Å². The lowest BCUT2D eigenvalue weighted by molar-refractivity contribution is 0.745. The number of benzene rings is 1. The summed E-state index contributed by atoms with van der Waals surface area (Å²) in [6.07, 6.45) is 4.86. The lowest BCUT2D eigenvalue weighted by Gasteiger charge is -2.11. The summed E-state index contributed by atoms with van der Waals surface area (Å²) in [5.41, 5.74) is 2.63. The molecule has 0 saturated heterocycles. The maximum atomic E-state index is 13.4. The molecule has 7 nitrogen and oxygen atoms in total. The second-order valence-corrected chi connectivity index (χ2v) is 6.71. The smallest absolute Gasteiger partial charge is 0.262 e. The Morgan fingerprint density at radius 2 is 1.86 bits per heavy atom. The maximum absolute atomic E-state index is 13.4. The van der Waals surface area contributed by atoms with E-state index in [9.17, 15) is 4.79 Å². The van der Waals surface area contributed by atoms with Crippen molar-refractivity contribution < 1.29 is 0 Å². The Bertz CT molecular complexity index is 1360. The minimum atomic E-state index is -0.169. The molecule has 8 heteroatoms. The van der Waals surface area contributed by atoms with Crippen molar-refractivity contribution in [1.82, 2.24) is 29.1 Å². The van der Waals surface area contributed by atoms with Crippen LogP contribution in [0.2, 0.25) is 5.02 Å². The number of rotatable bonds is 3. The van der Waals surface area contributed by atoms with E-state index in [0.717, 1.165) is 11.3 Å². The van der Waals surface area contributed by atoms with Crippen LogP contribution in [0.4, 0.5) is 0 Å². The molecule has 4 aromatic heterocycles. The molecule has 5 rings (SSSR count). The minimum absolute atomic E-state index is 0.169. The Kier molecular flexibility index (Phi) is 3.87. The summed E-state index contributed by atoms with van der Waals surface area (Å²) in [6, 6.07) is 14.7. The average molecular weight is 389 g/mol. The molecule has 0 aliphatic carbocycles. The Labute approximate surface area is 163 Å². The third-order valence-electron chi connectivity index (χ3n) is 4.52. The van der Waals surface area contributed by atoms with Gasteiger partial charge in [-0.05, 0) is 30.3 Å². The van der Waals surface area contributed by atoms with Gasteiger partial charge in [-0.3, -0.25) is 9.78 Å². The van der Waals surface area contributed by atoms with Gasteiger partial charge in [-0.25, -0.2) is 4.98 Å². The summed E-state index contributed by atoms with van der Waals surface area (Å²) in [5, 5.41) is 5.36. The molecule has 5 aromatic rings. The fourth-order valence-electron chi connectivity index (χ4n) is 3.23. The highest BCUT2D eigenvalue weighted by molar-refractivity contribution is 6.30. The Morgan fingerprint density at radius 3 is 2.64 bits per heavy atom. The van der Waals surface area contributed by atoms with E-state index in [2.05, 4.69) is 20.1 Å². The van der Waals surface area contributed by atoms with Crippen LogP contribution in [0.5, 0.6) is 0 Å². The molecule has 0 unspecified atom stereocenters. The SMILES string of the molecule is O=c1c2c(-c3ccc(Cl)cc3)n3ncnc3nc2ccn1Cc1ccccn1. The van der Waals surface area contributed by atoms with Crippen molar-refractivity contribution in [2.75, 3.05) is 0 Å². The lowest BCUT2D eigenvalue weighted by atomic mass is 10.1. The van der Waals surface area contributed by atoms with Crippen molar-refractivity contribution in [2.24, 2.45) is 0 Å². The summed E-state index contributed by atoms with van der Waals surface area (Å²) in [7, 11) is 0. The fourth-order valence-corrected chi connectivity index (χ4v) is 3.35. The molecule has 0 spiro atoms. The summed E-state index contributed by atoms with van der Waals surface area (Å²) < 4.78 is 3.20. The van der Waals surface area contributed by atoms with Gasteiger partial charge >= 0.3 is 0 Å². The first-order chi connectivity index (χ1) is 13.7. The van der Waals surface area contributed by atoms with E-state index in [1.165, 1.54) is 6.33 Å². The van der Waals surface area contributed by atoms with E-state index in [-0.39, 0.29) is 5.56 Å². The fraction of sp³-hybridized carbons (Fsp3) is 0.0500. The van der Waals surface area contributed by atoms with Crippen molar-refractivity contribution in [1.29, 1.82) is 0 Å². The highest BCUT2D eigenvalue weighted by atomic mass is 35.5. The molecular formula is C20H13ClN6O. The van der Waals surface area contributed by atoms with Gasteiger partial charge in [-0.2, -0.15) is 14.6 Å². The summed E-state index contributed by atoms with van der Waals surface area (Å²) in [5.74, 6) is 0.430. The zero-order chi connectivity index (χ0) is 19.1. The second kappa shape index (κ2) is 6.54. The molecule has 28 heavy (non-hydrogen) atoms. The Hall–Kier alpha value is -3.58. The van der Waals surface area contributed by atoms with Gasteiger partial charge in [0.25, 0.3) is 11.3 Å². The first kappa shape index (κ1) is 16.6. The molecule has 0 bridgehead atoms. The summed E-state index contributed by atoms with van der Waals surface area (Å²) in [6.45, 7) is 0.366. The molecule has 0 atom stereocenters. The lowest BCUT2D eigenvalue weighted by Crippen LogP contribution is -2.22. The van der Waals surface area contributed by atoms with Crippen LogP contribution in [0.1, 0.15) is 5.69 Å². The third kappa shape index (κ3) is 2.73. The van der Waals surface area contributed by atoms with E-state index in [4.69, 9.17) is 11.6 Å². The first-order valence-electron chi connectivity index (χ1n) is 8.59. The zero-order valence-electron chi connectivity index (χ0n) is 14.5. The van der Waals surface area contributed by atoms with E-state index in [1.54, 1.807) is 33.6 Å². The van der Waals surface area contributed by atoms with Gasteiger partial charge in [0.05, 0.1) is 28.8 Å². The largest absolute Gasteiger partial charge is 0.309 e. The summed E-state index contributed by atoms with van der Waals surface area (Å²) >= 11 is 6.04. The maximum Gasteiger partial charge on any atom is 0.262 e. The normalized spacial score (nSPS) is 11.3. The molecule has 1 aromatic carbocycles. The molecule has 4 heterocycles. The minimum Gasteiger partial charge on any atom is -0.309 e. The van der Waals surface area contributed by atoms with Crippen LogP contribution in [-0.2, 0) is 6.54 Å². The number of halogens is 1. The Morgan fingerprint density at radius 1 is 1.00 bits per heavy atom. The standard InChI is InChI=1S/C20H13ClN6O/c21-14-6-4-13(5-7-14)18-17-16(25-20-23-12-24-27(18)20)8-10-26(19(17)28)11-15-3-1-2-9-22-15/h1-10,12H,11H2. The Balaban J connectivity index is 1.81. The van der Waals surface area contributed by atoms with Gasteiger partial charge in [-0.1, -0.05) is 29.8 Å². The zero-order valence-corrected chi connectivity index (χ0v) is 15.3. The van der Waals surface area contributed by atoms with Crippen molar-refractivity contribution >= 4 is 28.3 Å². The highest BCUT2D eigenvalue weighted by Gasteiger charge is 2.17.